The maximum atomic E-state index is 13.2. The Labute approximate surface area is 210 Å². The van der Waals surface area contributed by atoms with Gasteiger partial charge in [-0.1, -0.05) is 59.6 Å². The van der Waals surface area contributed by atoms with Gasteiger partial charge in [0.1, 0.15) is 11.8 Å². The zero-order valence-corrected chi connectivity index (χ0v) is 21.2. The Hall–Kier alpha value is -2.58. The van der Waals surface area contributed by atoms with E-state index in [4.69, 9.17) is 27.9 Å². The molecule has 0 spiro atoms. The number of hydrogen-bond donors (Lipinski definition) is 2. The molecule has 0 saturated carbocycles. The van der Waals surface area contributed by atoms with Gasteiger partial charge < -0.3 is 10.1 Å². The number of amides is 1. The van der Waals surface area contributed by atoms with Gasteiger partial charge in [-0.2, -0.15) is 4.72 Å². The van der Waals surface area contributed by atoms with Gasteiger partial charge in [-0.05, 0) is 67.3 Å². The Morgan fingerprint density at radius 2 is 1.76 bits per heavy atom. The fourth-order valence-corrected chi connectivity index (χ4v) is 5.13. The van der Waals surface area contributed by atoms with Crippen LogP contribution in [0.4, 0.5) is 0 Å². The van der Waals surface area contributed by atoms with Gasteiger partial charge in [-0.25, -0.2) is 8.42 Å². The number of halogens is 2. The molecule has 0 aliphatic heterocycles. The van der Waals surface area contributed by atoms with Gasteiger partial charge in [0.15, 0.2) is 0 Å². The van der Waals surface area contributed by atoms with Gasteiger partial charge in [0, 0.05) is 16.6 Å². The lowest BCUT2D eigenvalue weighted by Gasteiger charge is -2.19. The molecule has 0 aliphatic carbocycles. The van der Waals surface area contributed by atoms with Gasteiger partial charge in [-0.15, -0.1) is 0 Å². The molecule has 0 bridgehead atoms. The number of sulfonamides is 1. The van der Waals surface area contributed by atoms with Crippen molar-refractivity contribution >= 4 is 39.1 Å². The van der Waals surface area contributed by atoms with Crippen LogP contribution in [0.15, 0.2) is 71.6 Å². The molecule has 180 valence electrons. The van der Waals surface area contributed by atoms with Crippen molar-refractivity contribution in [2.24, 2.45) is 0 Å². The van der Waals surface area contributed by atoms with Crippen LogP contribution in [0.3, 0.4) is 0 Å². The predicted octanol–water partition coefficient (Wildman–Crippen LogP) is 4.91. The largest absolute Gasteiger partial charge is 0.494 e. The van der Waals surface area contributed by atoms with E-state index >= 15 is 0 Å². The Kier molecular flexibility index (Phi) is 8.97. The van der Waals surface area contributed by atoms with Gasteiger partial charge in [-0.3, -0.25) is 4.79 Å². The van der Waals surface area contributed by atoms with Crippen LogP contribution in [0.5, 0.6) is 5.75 Å². The molecular formula is C25H26Cl2N2O4S. The van der Waals surface area contributed by atoms with E-state index in [-0.39, 0.29) is 17.9 Å². The van der Waals surface area contributed by atoms with E-state index in [1.165, 1.54) is 12.1 Å². The number of rotatable bonds is 10. The van der Waals surface area contributed by atoms with E-state index in [0.717, 1.165) is 5.56 Å². The molecule has 0 aromatic heterocycles. The molecule has 34 heavy (non-hydrogen) atoms. The number of hydrogen-bond acceptors (Lipinski definition) is 4. The topological polar surface area (TPSA) is 84.5 Å². The van der Waals surface area contributed by atoms with Gasteiger partial charge in [0.05, 0.1) is 11.5 Å². The van der Waals surface area contributed by atoms with Crippen molar-refractivity contribution in [2.75, 3.05) is 6.61 Å². The second-order valence-corrected chi connectivity index (χ2v) is 10.2. The highest BCUT2D eigenvalue weighted by molar-refractivity contribution is 7.89. The molecule has 0 aliphatic rings. The summed E-state index contributed by atoms with van der Waals surface area (Å²) in [5.74, 6) is 0.140. The van der Waals surface area contributed by atoms with Crippen LogP contribution in [0, 0.1) is 6.92 Å². The monoisotopic (exact) mass is 520 g/mol. The predicted molar refractivity (Wildman–Crippen MR) is 135 cm³/mol. The van der Waals surface area contributed by atoms with Crippen LogP contribution in [-0.4, -0.2) is 27.0 Å². The third-order valence-electron chi connectivity index (χ3n) is 5.12. The van der Waals surface area contributed by atoms with E-state index < -0.39 is 22.0 Å². The quantitative estimate of drug-likeness (QED) is 0.397. The minimum atomic E-state index is -3.99. The van der Waals surface area contributed by atoms with E-state index in [0.29, 0.717) is 33.5 Å². The lowest BCUT2D eigenvalue weighted by molar-refractivity contribution is -0.122. The number of carbonyl (C=O) groups is 1. The van der Waals surface area contributed by atoms with Crippen molar-refractivity contribution < 1.29 is 17.9 Å². The van der Waals surface area contributed by atoms with E-state index in [1.807, 2.05) is 37.3 Å². The summed E-state index contributed by atoms with van der Waals surface area (Å²) in [6.07, 6.45) is 0.177. The summed E-state index contributed by atoms with van der Waals surface area (Å²) in [7, 11) is -3.99. The molecule has 0 radical (unpaired) electrons. The van der Waals surface area contributed by atoms with E-state index in [2.05, 4.69) is 10.0 Å². The molecule has 1 amide bonds. The van der Waals surface area contributed by atoms with Crippen LogP contribution in [0.2, 0.25) is 10.0 Å². The molecule has 0 fully saturated rings. The molecule has 0 saturated heterocycles. The maximum Gasteiger partial charge on any atom is 0.241 e. The van der Waals surface area contributed by atoms with Crippen LogP contribution in [0.1, 0.15) is 23.6 Å². The summed E-state index contributed by atoms with van der Waals surface area (Å²) in [6.45, 7) is 4.23. The van der Waals surface area contributed by atoms with E-state index in [1.54, 1.807) is 31.2 Å². The molecule has 3 aromatic rings. The highest BCUT2D eigenvalue weighted by Crippen LogP contribution is 2.23. The fourth-order valence-electron chi connectivity index (χ4n) is 3.37. The second-order valence-electron chi connectivity index (χ2n) is 7.68. The molecule has 0 heterocycles. The molecule has 3 aromatic carbocycles. The third-order valence-corrected chi connectivity index (χ3v) is 7.18. The third kappa shape index (κ3) is 6.96. The molecule has 1 unspecified atom stereocenters. The van der Waals surface area contributed by atoms with Crippen LogP contribution in [-0.2, 0) is 27.8 Å². The lowest BCUT2D eigenvalue weighted by atomic mass is 10.1. The fraction of sp³-hybridized carbons (Fsp3) is 0.240. The summed E-state index contributed by atoms with van der Waals surface area (Å²) in [4.78, 5) is 13.1. The average molecular weight is 521 g/mol. The summed E-state index contributed by atoms with van der Waals surface area (Å²) in [6, 6.07) is 17.7. The Morgan fingerprint density at radius 1 is 1.03 bits per heavy atom. The second kappa shape index (κ2) is 11.7. The minimum absolute atomic E-state index is 0.0556. The lowest BCUT2D eigenvalue weighted by Crippen LogP contribution is -2.47. The van der Waals surface area contributed by atoms with Crippen LogP contribution in [0.25, 0.3) is 0 Å². The summed E-state index contributed by atoms with van der Waals surface area (Å²) in [5, 5.41) is 3.68. The molecular weight excluding hydrogens is 495 g/mol. The van der Waals surface area contributed by atoms with Gasteiger partial charge in [0.2, 0.25) is 15.9 Å². The highest BCUT2D eigenvalue weighted by atomic mass is 35.5. The SMILES string of the molecule is CCOc1ccc(S(=O)(=O)NC(Cc2ccccc2)C(=O)NCc2ccc(Cl)cc2Cl)cc1C. The summed E-state index contributed by atoms with van der Waals surface area (Å²) >= 11 is 12.1. The Morgan fingerprint density at radius 3 is 2.41 bits per heavy atom. The average Bonchev–Trinajstić information content (AvgIpc) is 2.80. The first-order chi connectivity index (χ1) is 16.2. The van der Waals surface area contributed by atoms with Gasteiger partial charge in [0.25, 0.3) is 0 Å². The van der Waals surface area contributed by atoms with Gasteiger partial charge >= 0.3 is 0 Å². The van der Waals surface area contributed by atoms with Crippen molar-refractivity contribution in [3.63, 3.8) is 0 Å². The van der Waals surface area contributed by atoms with Crippen molar-refractivity contribution in [3.8, 4) is 5.75 Å². The van der Waals surface area contributed by atoms with Crippen LogP contribution < -0.4 is 14.8 Å². The number of ether oxygens (including phenoxy) is 1. The number of aryl methyl sites for hydroxylation is 1. The summed E-state index contributed by atoms with van der Waals surface area (Å²) < 4.78 is 34.4. The molecule has 2 N–H and O–H groups in total. The van der Waals surface area contributed by atoms with Crippen molar-refractivity contribution in [3.05, 3.63) is 93.5 Å². The Bertz CT molecular complexity index is 1250. The molecule has 3 rings (SSSR count). The smallest absolute Gasteiger partial charge is 0.241 e. The number of carbonyl (C=O) groups excluding carboxylic acids is 1. The van der Waals surface area contributed by atoms with Crippen molar-refractivity contribution in [1.82, 2.24) is 10.0 Å². The van der Waals surface area contributed by atoms with Crippen LogP contribution >= 0.6 is 23.2 Å². The Balaban J connectivity index is 1.82. The zero-order valence-electron chi connectivity index (χ0n) is 18.8. The standard InChI is InChI=1S/C25H26Cl2N2O4S/c1-3-33-24-12-11-21(13-17(24)2)34(31,32)29-23(14-18-7-5-4-6-8-18)25(30)28-16-19-9-10-20(26)15-22(19)27/h4-13,15,23,29H,3,14,16H2,1-2H3,(H,28,30). The first-order valence-electron chi connectivity index (χ1n) is 10.7. The van der Waals surface area contributed by atoms with Crippen molar-refractivity contribution in [1.29, 1.82) is 0 Å². The minimum Gasteiger partial charge on any atom is -0.494 e. The highest BCUT2D eigenvalue weighted by Gasteiger charge is 2.26. The number of nitrogens with one attached hydrogen (secondary N) is 2. The zero-order chi connectivity index (χ0) is 24.7. The number of benzene rings is 3. The van der Waals surface area contributed by atoms with E-state index in [9.17, 15) is 13.2 Å². The normalized spacial score (nSPS) is 12.2. The van der Waals surface area contributed by atoms with Crippen molar-refractivity contribution in [2.45, 2.75) is 37.8 Å². The maximum absolute atomic E-state index is 13.2. The molecule has 9 heteroatoms. The first-order valence-corrected chi connectivity index (χ1v) is 12.9. The molecule has 1 atom stereocenters. The summed E-state index contributed by atoms with van der Waals surface area (Å²) in [5.41, 5.74) is 2.17. The molecule has 6 nitrogen and oxygen atoms in total. The first kappa shape index (κ1) is 26.0.